The number of rotatable bonds is 2. The highest BCUT2D eigenvalue weighted by Crippen LogP contribution is 2.32. The molecule has 0 heterocycles. The van der Waals surface area contributed by atoms with Crippen LogP contribution in [0.3, 0.4) is 0 Å². The van der Waals surface area contributed by atoms with Crippen LogP contribution in [-0.2, 0) is 0 Å². The molecule has 0 unspecified atom stereocenters. The third-order valence-corrected chi connectivity index (χ3v) is 1.61. The van der Waals surface area contributed by atoms with Crippen molar-refractivity contribution >= 4 is 17.3 Å². The molecule has 0 aliphatic heterocycles. The predicted octanol–water partition coefficient (Wildman–Crippen LogP) is 2.89. The average molecular weight is 190 g/mol. The second-order valence-corrected chi connectivity index (χ2v) is 2.44. The molecule has 0 aliphatic rings. The van der Waals surface area contributed by atoms with Crippen molar-refractivity contribution in [2.45, 2.75) is 0 Å². The maximum Gasteiger partial charge on any atom is 0.151 e. The second-order valence-electron chi connectivity index (χ2n) is 2.03. The second kappa shape index (κ2) is 3.49. The summed E-state index contributed by atoms with van der Waals surface area (Å²) >= 11 is 5.39. The van der Waals surface area contributed by atoms with Crippen molar-refractivity contribution in [2.75, 3.05) is 7.11 Å². The molecule has 0 spiro atoms. The summed E-state index contributed by atoms with van der Waals surface area (Å²) in [6.07, 6.45) is 0. The van der Waals surface area contributed by atoms with Crippen LogP contribution in [0.5, 0.6) is 5.75 Å². The third-order valence-electron chi connectivity index (χ3n) is 1.32. The number of nitroso groups, excluding NO2 is 1. The highest BCUT2D eigenvalue weighted by molar-refractivity contribution is 6.31. The van der Waals surface area contributed by atoms with Gasteiger partial charge in [0, 0.05) is 6.07 Å². The van der Waals surface area contributed by atoms with Crippen LogP contribution < -0.4 is 4.74 Å². The first-order valence-corrected chi connectivity index (χ1v) is 3.43. The molecule has 1 rings (SSSR count). The zero-order chi connectivity index (χ0) is 9.14. The van der Waals surface area contributed by atoms with Gasteiger partial charge in [-0.15, -0.1) is 4.91 Å². The van der Waals surface area contributed by atoms with Gasteiger partial charge in [-0.2, -0.15) is 0 Å². The first kappa shape index (κ1) is 8.93. The first-order valence-electron chi connectivity index (χ1n) is 3.05. The van der Waals surface area contributed by atoms with Crippen LogP contribution in [0.4, 0.5) is 10.1 Å². The van der Waals surface area contributed by atoms with E-state index in [1.165, 1.54) is 7.11 Å². The van der Waals surface area contributed by atoms with Crippen molar-refractivity contribution < 1.29 is 9.13 Å². The van der Waals surface area contributed by atoms with Crippen molar-refractivity contribution in [3.05, 3.63) is 27.9 Å². The van der Waals surface area contributed by atoms with E-state index in [9.17, 15) is 9.30 Å². The summed E-state index contributed by atoms with van der Waals surface area (Å²) in [4.78, 5) is 10.1. The van der Waals surface area contributed by atoms with Crippen molar-refractivity contribution in [2.24, 2.45) is 5.18 Å². The van der Waals surface area contributed by atoms with Gasteiger partial charge in [-0.1, -0.05) is 11.6 Å². The molecule has 0 amide bonds. The van der Waals surface area contributed by atoms with Gasteiger partial charge in [0.05, 0.1) is 12.1 Å². The molecule has 1 aromatic carbocycles. The van der Waals surface area contributed by atoms with E-state index in [-0.39, 0.29) is 16.5 Å². The van der Waals surface area contributed by atoms with Gasteiger partial charge in [0.25, 0.3) is 0 Å². The lowest BCUT2D eigenvalue weighted by atomic mass is 10.3. The van der Waals surface area contributed by atoms with E-state index in [1.807, 2.05) is 0 Å². The fourth-order valence-corrected chi connectivity index (χ4v) is 0.911. The fourth-order valence-electron chi connectivity index (χ4n) is 0.753. The van der Waals surface area contributed by atoms with E-state index in [0.717, 1.165) is 12.1 Å². The number of methoxy groups -OCH3 is 1. The van der Waals surface area contributed by atoms with Gasteiger partial charge in [0.1, 0.15) is 5.82 Å². The number of hydrogen-bond acceptors (Lipinski definition) is 3. The third kappa shape index (κ3) is 1.53. The maximum absolute atomic E-state index is 12.7. The lowest BCUT2D eigenvalue weighted by Gasteiger charge is -2.02. The molecule has 64 valence electrons. The Kier molecular flexibility index (Phi) is 2.60. The van der Waals surface area contributed by atoms with Gasteiger partial charge in [0.2, 0.25) is 0 Å². The monoisotopic (exact) mass is 189 g/mol. The molecule has 0 fully saturated rings. The van der Waals surface area contributed by atoms with Crippen LogP contribution in [0.1, 0.15) is 0 Å². The molecule has 5 heteroatoms. The largest absolute Gasteiger partial charge is 0.494 e. The fraction of sp³-hybridized carbons (Fsp3) is 0.143. The van der Waals surface area contributed by atoms with E-state index in [1.54, 1.807) is 0 Å². The summed E-state index contributed by atoms with van der Waals surface area (Å²) in [5.74, 6) is -0.562. The quantitative estimate of drug-likeness (QED) is 0.671. The summed E-state index contributed by atoms with van der Waals surface area (Å²) in [6.45, 7) is 0. The summed E-state index contributed by atoms with van der Waals surface area (Å²) in [5, 5.41) is 2.47. The topological polar surface area (TPSA) is 38.7 Å². The molecule has 0 saturated carbocycles. The Bertz CT molecular complexity index is 317. The van der Waals surface area contributed by atoms with Crippen molar-refractivity contribution in [3.8, 4) is 5.75 Å². The van der Waals surface area contributed by atoms with Gasteiger partial charge < -0.3 is 4.74 Å². The minimum Gasteiger partial charge on any atom is -0.494 e. The van der Waals surface area contributed by atoms with Gasteiger partial charge in [-0.25, -0.2) is 4.39 Å². The van der Waals surface area contributed by atoms with Gasteiger partial charge in [-0.3, -0.25) is 0 Å². The predicted molar refractivity (Wildman–Crippen MR) is 43.4 cm³/mol. The van der Waals surface area contributed by atoms with Crippen LogP contribution >= 0.6 is 11.6 Å². The number of halogens is 2. The Morgan fingerprint density at radius 2 is 2.25 bits per heavy atom. The Labute approximate surface area is 73.1 Å². The lowest BCUT2D eigenvalue weighted by Crippen LogP contribution is -1.85. The molecule has 1 aromatic rings. The number of nitrogens with zero attached hydrogens (tertiary/aromatic N) is 1. The van der Waals surface area contributed by atoms with E-state index in [4.69, 9.17) is 11.6 Å². The minimum absolute atomic E-state index is 0.0103. The molecule has 0 atom stereocenters. The highest BCUT2D eigenvalue weighted by atomic mass is 35.5. The molecular weight excluding hydrogens is 185 g/mol. The SMILES string of the molecule is COc1cc(F)c(Cl)cc1N=O. The smallest absolute Gasteiger partial charge is 0.151 e. The molecule has 12 heavy (non-hydrogen) atoms. The van der Waals surface area contributed by atoms with E-state index < -0.39 is 5.82 Å². The summed E-state index contributed by atoms with van der Waals surface area (Å²) in [6, 6.07) is 2.13. The molecule has 0 aliphatic carbocycles. The zero-order valence-electron chi connectivity index (χ0n) is 6.17. The Morgan fingerprint density at radius 3 is 2.75 bits per heavy atom. The zero-order valence-corrected chi connectivity index (χ0v) is 6.93. The minimum atomic E-state index is -0.638. The Hall–Kier alpha value is -1.16. The van der Waals surface area contributed by atoms with Gasteiger partial charge in [-0.05, 0) is 11.2 Å². The summed E-state index contributed by atoms with van der Waals surface area (Å²) < 4.78 is 17.4. The normalized spacial score (nSPS) is 9.58. The molecule has 0 radical (unpaired) electrons. The molecular formula is C7H5ClFNO2. The van der Waals surface area contributed by atoms with Crippen molar-refractivity contribution in [3.63, 3.8) is 0 Å². The van der Waals surface area contributed by atoms with Crippen molar-refractivity contribution in [1.29, 1.82) is 0 Å². The molecule has 0 bridgehead atoms. The van der Waals surface area contributed by atoms with Gasteiger partial charge >= 0.3 is 0 Å². The summed E-state index contributed by atoms with van der Waals surface area (Å²) in [5.41, 5.74) is -0.0103. The average Bonchev–Trinajstić information content (AvgIpc) is 2.09. The van der Waals surface area contributed by atoms with E-state index >= 15 is 0 Å². The molecule has 3 nitrogen and oxygen atoms in total. The van der Waals surface area contributed by atoms with Crippen LogP contribution in [0.15, 0.2) is 17.3 Å². The molecule has 0 N–H and O–H groups in total. The highest BCUT2D eigenvalue weighted by Gasteiger charge is 2.08. The lowest BCUT2D eigenvalue weighted by molar-refractivity contribution is 0.412. The molecule has 0 aromatic heterocycles. The number of hydrogen-bond donors (Lipinski definition) is 0. The van der Waals surface area contributed by atoms with Crippen LogP contribution in [0.25, 0.3) is 0 Å². The first-order chi connectivity index (χ1) is 5.69. The van der Waals surface area contributed by atoms with Gasteiger partial charge in [0.15, 0.2) is 11.4 Å². The van der Waals surface area contributed by atoms with Crippen LogP contribution in [0, 0.1) is 10.7 Å². The standard InChI is InChI=1S/C7H5ClFNO2/c1-12-7-3-5(9)4(8)2-6(7)10-11/h2-3H,1H3. The number of ether oxygens (including phenoxy) is 1. The van der Waals surface area contributed by atoms with E-state index in [2.05, 4.69) is 9.91 Å². The van der Waals surface area contributed by atoms with Crippen LogP contribution in [0.2, 0.25) is 5.02 Å². The van der Waals surface area contributed by atoms with Crippen molar-refractivity contribution in [1.82, 2.24) is 0 Å². The maximum atomic E-state index is 12.7. The van der Waals surface area contributed by atoms with Crippen LogP contribution in [-0.4, -0.2) is 7.11 Å². The Morgan fingerprint density at radius 1 is 1.58 bits per heavy atom. The van der Waals surface area contributed by atoms with E-state index in [0.29, 0.717) is 0 Å². The Balaban J connectivity index is 3.28. The molecule has 0 saturated heterocycles. The summed E-state index contributed by atoms with van der Waals surface area (Å²) in [7, 11) is 1.32. The number of benzene rings is 1.